The van der Waals surface area contributed by atoms with Crippen molar-refractivity contribution >= 4 is 0 Å². The van der Waals surface area contributed by atoms with E-state index in [-0.39, 0.29) is 18.6 Å². The molecule has 5 nitrogen and oxygen atoms in total. The van der Waals surface area contributed by atoms with Crippen molar-refractivity contribution in [1.29, 1.82) is 0 Å². The molecule has 2 aromatic rings. The Labute approximate surface area is 133 Å². The van der Waals surface area contributed by atoms with Gasteiger partial charge in [0.2, 0.25) is 6.79 Å². The fourth-order valence-corrected chi connectivity index (χ4v) is 4.06. The van der Waals surface area contributed by atoms with Gasteiger partial charge in [0.1, 0.15) is 0 Å². The third kappa shape index (κ3) is 1.65. The maximum Gasteiger partial charge on any atom is 0.231 e. The van der Waals surface area contributed by atoms with Crippen LogP contribution in [0.4, 0.5) is 0 Å². The minimum absolute atomic E-state index is 0.189. The molecule has 3 aliphatic rings. The van der Waals surface area contributed by atoms with E-state index in [0.29, 0.717) is 5.75 Å². The Bertz CT molecular complexity index is 831. The number of phenolic OH excluding ortho intramolecular Hbond substituents is 1. The van der Waals surface area contributed by atoms with Gasteiger partial charge in [-0.3, -0.25) is 0 Å². The van der Waals surface area contributed by atoms with E-state index in [9.17, 15) is 5.11 Å². The maximum atomic E-state index is 10.6. The largest absolute Gasteiger partial charge is 0.504 e. The predicted octanol–water partition coefficient (Wildman–Crippen LogP) is 2.54. The van der Waals surface area contributed by atoms with Crippen molar-refractivity contribution < 1.29 is 19.3 Å². The lowest BCUT2D eigenvalue weighted by Gasteiger charge is -2.35. The second-order valence-electron chi connectivity index (χ2n) is 6.16. The number of hydrogen-bond donors (Lipinski definition) is 2. The number of methoxy groups -OCH3 is 1. The van der Waals surface area contributed by atoms with E-state index < -0.39 is 0 Å². The molecule has 0 saturated heterocycles. The molecule has 0 amide bonds. The molecule has 1 unspecified atom stereocenters. The van der Waals surface area contributed by atoms with E-state index in [1.165, 1.54) is 11.1 Å². The lowest BCUT2D eigenvalue weighted by atomic mass is 9.77. The Morgan fingerprint density at radius 1 is 1.30 bits per heavy atom. The van der Waals surface area contributed by atoms with Crippen molar-refractivity contribution in [3.63, 3.8) is 0 Å². The van der Waals surface area contributed by atoms with E-state index in [4.69, 9.17) is 14.2 Å². The number of benzene rings is 2. The van der Waals surface area contributed by atoms with Crippen molar-refractivity contribution in [1.82, 2.24) is 5.32 Å². The van der Waals surface area contributed by atoms with Crippen LogP contribution in [0.5, 0.6) is 23.0 Å². The molecule has 0 fully saturated rings. The molecule has 5 heteroatoms. The Hall–Kier alpha value is -2.40. The summed E-state index contributed by atoms with van der Waals surface area (Å²) in [6.07, 6.45) is 1.73. The topological polar surface area (TPSA) is 60.0 Å². The van der Waals surface area contributed by atoms with Gasteiger partial charge in [0, 0.05) is 17.2 Å². The minimum Gasteiger partial charge on any atom is -0.504 e. The highest BCUT2D eigenvalue weighted by molar-refractivity contribution is 5.85. The second-order valence-corrected chi connectivity index (χ2v) is 6.16. The summed E-state index contributed by atoms with van der Waals surface area (Å²) in [6.45, 7) is 1.18. The van der Waals surface area contributed by atoms with Gasteiger partial charge in [-0.2, -0.15) is 0 Å². The summed E-state index contributed by atoms with van der Waals surface area (Å²) in [5, 5.41) is 14.2. The molecule has 5 rings (SSSR count). The number of ether oxygens (including phenoxy) is 3. The van der Waals surface area contributed by atoms with Gasteiger partial charge in [0.15, 0.2) is 23.0 Å². The molecule has 1 atom stereocenters. The van der Waals surface area contributed by atoms with Crippen molar-refractivity contribution in [2.75, 3.05) is 20.4 Å². The highest BCUT2D eigenvalue weighted by atomic mass is 16.7. The molecule has 1 aliphatic carbocycles. The molecule has 0 bridgehead atoms. The molecular weight excluding hydrogens is 294 g/mol. The summed E-state index contributed by atoms with van der Waals surface area (Å²) in [5.74, 6) is 2.33. The van der Waals surface area contributed by atoms with E-state index in [2.05, 4.69) is 11.4 Å². The molecule has 2 aliphatic heterocycles. The first-order valence-corrected chi connectivity index (χ1v) is 7.86. The maximum absolute atomic E-state index is 10.6. The zero-order chi connectivity index (χ0) is 15.6. The van der Waals surface area contributed by atoms with Crippen LogP contribution >= 0.6 is 0 Å². The van der Waals surface area contributed by atoms with Gasteiger partial charge in [-0.1, -0.05) is 0 Å². The fraction of sp³-hybridized carbons (Fsp3) is 0.333. The van der Waals surface area contributed by atoms with Crippen LogP contribution in [0, 0.1) is 0 Å². The van der Waals surface area contributed by atoms with E-state index >= 15 is 0 Å². The van der Waals surface area contributed by atoms with Crippen LogP contribution in [-0.2, 0) is 12.8 Å². The number of aromatic hydroxyl groups is 1. The van der Waals surface area contributed by atoms with Gasteiger partial charge in [-0.15, -0.1) is 0 Å². The standard InChI is InChI=1S/C18H17NO4/c1-21-13-3-2-10-11(17(13)20)7-12-15-9(4-5-19-12)6-14-18(16(10)15)23-8-22-14/h2-3,6,12,19-20H,4-5,7-8H2,1H3. The van der Waals surface area contributed by atoms with Gasteiger partial charge in [0.25, 0.3) is 0 Å². The molecule has 2 heterocycles. The van der Waals surface area contributed by atoms with Gasteiger partial charge < -0.3 is 24.6 Å². The van der Waals surface area contributed by atoms with Crippen LogP contribution in [0.25, 0.3) is 11.1 Å². The van der Waals surface area contributed by atoms with Gasteiger partial charge >= 0.3 is 0 Å². The zero-order valence-electron chi connectivity index (χ0n) is 12.8. The van der Waals surface area contributed by atoms with Crippen molar-refractivity contribution in [3.05, 3.63) is 34.9 Å². The first-order valence-electron chi connectivity index (χ1n) is 7.86. The third-order valence-corrected chi connectivity index (χ3v) is 5.07. The lowest BCUT2D eigenvalue weighted by molar-refractivity contribution is 0.174. The van der Waals surface area contributed by atoms with Crippen LogP contribution in [0.15, 0.2) is 18.2 Å². The Morgan fingerprint density at radius 3 is 3.09 bits per heavy atom. The average molecular weight is 311 g/mol. The van der Waals surface area contributed by atoms with Crippen LogP contribution in [0.1, 0.15) is 22.7 Å². The first-order chi connectivity index (χ1) is 11.3. The van der Waals surface area contributed by atoms with E-state index in [1.54, 1.807) is 7.11 Å². The molecule has 0 aromatic heterocycles. The molecule has 0 spiro atoms. The number of fused-ring (bicyclic) bond motifs is 4. The van der Waals surface area contributed by atoms with Gasteiger partial charge in [0.05, 0.1) is 7.11 Å². The van der Waals surface area contributed by atoms with E-state index in [1.807, 2.05) is 12.1 Å². The number of rotatable bonds is 1. The molecule has 118 valence electrons. The SMILES string of the molecule is COc1ccc2c(c1O)CC1NCCc3cc4c(c-2c31)OCO4. The summed E-state index contributed by atoms with van der Waals surface area (Å²) in [6, 6.07) is 6.13. The number of hydrogen-bond acceptors (Lipinski definition) is 5. The average Bonchev–Trinajstić information content (AvgIpc) is 3.04. The molecule has 2 aromatic carbocycles. The number of phenols is 1. The smallest absolute Gasteiger partial charge is 0.231 e. The zero-order valence-corrected chi connectivity index (χ0v) is 12.8. The van der Waals surface area contributed by atoms with Crippen molar-refractivity contribution in [3.8, 4) is 34.1 Å². The number of nitrogens with one attached hydrogen (secondary N) is 1. The normalized spacial score (nSPS) is 20.0. The quantitative estimate of drug-likeness (QED) is 0.847. The van der Waals surface area contributed by atoms with Crippen molar-refractivity contribution in [2.24, 2.45) is 0 Å². The van der Waals surface area contributed by atoms with E-state index in [0.717, 1.165) is 47.6 Å². The minimum atomic E-state index is 0.189. The molecule has 0 saturated carbocycles. The van der Waals surface area contributed by atoms with Gasteiger partial charge in [-0.25, -0.2) is 0 Å². The molecule has 2 N–H and O–H groups in total. The van der Waals surface area contributed by atoms with Gasteiger partial charge in [-0.05, 0) is 54.3 Å². The highest BCUT2D eigenvalue weighted by Gasteiger charge is 2.36. The molecule has 0 radical (unpaired) electrons. The second kappa shape index (κ2) is 4.55. The summed E-state index contributed by atoms with van der Waals surface area (Å²) >= 11 is 0. The molecular formula is C18H17NO4. The third-order valence-electron chi connectivity index (χ3n) is 5.07. The van der Waals surface area contributed by atoms with Crippen LogP contribution in [0.3, 0.4) is 0 Å². The fourth-order valence-electron chi connectivity index (χ4n) is 4.06. The van der Waals surface area contributed by atoms with Crippen LogP contribution in [0.2, 0.25) is 0 Å². The van der Waals surface area contributed by atoms with Crippen LogP contribution in [-0.4, -0.2) is 25.6 Å². The first kappa shape index (κ1) is 13.1. The van der Waals surface area contributed by atoms with Crippen LogP contribution < -0.4 is 19.5 Å². The summed E-state index contributed by atoms with van der Waals surface area (Å²) in [7, 11) is 1.57. The Morgan fingerprint density at radius 2 is 2.22 bits per heavy atom. The Kier molecular flexibility index (Phi) is 2.59. The highest BCUT2D eigenvalue weighted by Crippen LogP contribution is 2.54. The summed E-state index contributed by atoms with van der Waals surface area (Å²) in [4.78, 5) is 0. The monoisotopic (exact) mass is 311 g/mol. The molecule has 23 heavy (non-hydrogen) atoms. The summed E-state index contributed by atoms with van der Waals surface area (Å²) in [5.41, 5.74) is 5.59. The van der Waals surface area contributed by atoms with Crippen molar-refractivity contribution in [2.45, 2.75) is 18.9 Å². The predicted molar refractivity (Wildman–Crippen MR) is 84.4 cm³/mol. The Balaban J connectivity index is 1.85. The lowest BCUT2D eigenvalue weighted by Crippen LogP contribution is -2.33. The summed E-state index contributed by atoms with van der Waals surface area (Å²) < 4.78 is 16.7.